The summed E-state index contributed by atoms with van der Waals surface area (Å²) in [7, 11) is 0. The van der Waals surface area contributed by atoms with Crippen LogP contribution in [-0.2, 0) is 0 Å². The second-order valence-corrected chi connectivity index (χ2v) is 8.13. The molecule has 160 valence electrons. The molecular formula is C29H19IO3. The van der Waals surface area contributed by atoms with Crippen molar-refractivity contribution >= 4 is 39.7 Å². The number of carbonyl (C=O) groups is 1. The molecule has 1 N–H and O–H groups in total. The normalized spacial score (nSPS) is 10.8. The van der Waals surface area contributed by atoms with Gasteiger partial charge < -0.3 is 8.17 Å². The maximum Gasteiger partial charge on any atom is 0.340 e. The Morgan fingerprint density at radius 3 is 1.67 bits per heavy atom. The third-order valence-corrected chi connectivity index (χ3v) is 6.24. The zero-order valence-electron chi connectivity index (χ0n) is 17.5. The smallest absolute Gasteiger partial charge is 0.340 e. The van der Waals surface area contributed by atoms with Crippen molar-refractivity contribution in [2.45, 2.75) is 0 Å². The van der Waals surface area contributed by atoms with Crippen molar-refractivity contribution in [3.8, 4) is 39.1 Å². The third kappa shape index (κ3) is 3.87. The second-order valence-electron chi connectivity index (χ2n) is 7.69. The van der Waals surface area contributed by atoms with E-state index in [4.69, 9.17) is 3.07 Å². The molecule has 4 heteroatoms. The fraction of sp³-hybridized carbons (Fsp3) is 0. The summed E-state index contributed by atoms with van der Waals surface area (Å²) >= 11 is 1.77. The Bertz CT molecular complexity index is 1450. The topological polar surface area (TPSA) is 46.5 Å². The summed E-state index contributed by atoms with van der Waals surface area (Å²) in [5, 5.41) is 11.7. The van der Waals surface area contributed by atoms with Gasteiger partial charge in [-0.2, -0.15) is 0 Å². The van der Waals surface area contributed by atoms with E-state index in [0.717, 1.165) is 38.8 Å². The number of aromatic carboxylic acids is 1. The number of hydrogen-bond acceptors (Lipinski definition) is 2. The van der Waals surface area contributed by atoms with E-state index in [1.54, 1.807) is 23.0 Å². The molecule has 5 aromatic rings. The molecule has 3 nitrogen and oxygen atoms in total. The van der Waals surface area contributed by atoms with Crippen LogP contribution < -0.4 is 3.07 Å². The van der Waals surface area contributed by atoms with Gasteiger partial charge in [0.05, 0.1) is 0 Å². The molecule has 5 rings (SSSR count). The molecule has 0 aliphatic heterocycles. The molecule has 0 spiro atoms. The first kappa shape index (κ1) is 21.2. The van der Waals surface area contributed by atoms with Gasteiger partial charge in [0.1, 0.15) is 5.56 Å². The molecule has 0 aliphatic rings. The van der Waals surface area contributed by atoms with E-state index in [0.29, 0.717) is 11.1 Å². The zero-order valence-corrected chi connectivity index (χ0v) is 19.7. The molecule has 0 aromatic heterocycles. The Morgan fingerprint density at radius 1 is 0.636 bits per heavy atom. The molecule has 0 unspecified atom stereocenters. The van der Waals surface area contributed by atoms with Crippen molar-refractivity contribution in [1.29, 1.82) is 0 Å². The Balaban J connectivity index is 1.97. The molecule has 33 heavy (non-hydrogen) atoms. The SMILES string of the molecule is O=C(O)c1c(OI)c(-c2ccccc2)cc2c(-c3ccccc3)c(-c3ccccc3)ccc12. The summed E-state index contributed by atoms with van der Waals surface area (Å²) in [6.07, 6.45) is 0. The molecule has 0 heterocycles. The predicted molar refractivity (Wildman–Crippen MR) is 142 cm³/mol. The lowest BCUT2D eigenvalue weighted by molar-refractivity contribution is 0.0697. The highest BCUT2D eigenvalue weighted by Crippen LogP contribution is 2.45. The van der Waals surface area contributed by atoms with E-state index >= 15 is 0 Å². The molecule has 0 amide bonds. The molecule has 0 atom stereocenters. The first-order valence-electron chi connectivity index (χ1n) is 10.5. The molecule has 0 aliphatic carbocycles. The van der Waals surface area contributed by atoms with Crippen LogP contribution >= 0.6 is 23.0 Å². The van der Waals surface area contributed by atoms with Gasteiger partial charge in [-0.3, -0.25) is 0 Å². The van der Waals surface area contributed by atoms with Crippen molar-refractivity contribution in [1.82, 2.24) is 0 Å². The van der Waals surface area contributed by atoms with Crippen LogP contribution in [0.1, 0.15) is 10.4 Å². The number of benzene rings is 5. The predicted octanol–water partition coefficient (Wildman–Crippen LogP) is 8.27. The number of carboxylic acid groups (broad SMARTS) is 1. The highest BCUT2D eigenvalue weighted by molar-refractivity contribution is 14.1. The minimum absolute atomic E-state index is 0.164. The summed E-state index contributed by atoms with van der Waals surface area (Å²) in [5.74, 6) is -0.663. The molecule has 0 saturated heterocycles. The van der Waals surface area contributed by atoms with Gasteiger partial charge in [-0.25, -0.2) is 4.79 Å². The van der Waals surface area contributed by atoms with Gasteiger partial charge in [-0.05, 0) is 39.3 Å². The Labute approximate surface area is 206 Å². The number of hydrogen-bond donors (Lipinski definition) is 1. The van der Waals surface area contributed by atoms with Gasteiger partial charge in [0.25, 0.3) is 0 Å². The second kappa shape index (κ2) is 9.08. The van der Waals surface area contributed by atoms with E-state index < -0.39 is 5.97 Å². The number of halogens is 1. The summed E-state index contributed by atoms with van der Waals surface area (Å²) < 4.78 is 5.65. The molecule has 0 radical (unpaired) electrons. The van der Waals surface area contributed by atoms with E-state index in [2.05, 4.69) is 30.3 Å². The van der Waals surface area contributed by atoms with Crippen molar-refractivity contribution in [2.75, 3.05) is 0 Å². The Morgan fingerprint density at radius 2 is 1.15 bits per heavy atom. The lowest BCUT2D eigenvalue weighted by atomic mass is 9.86. The van der Waals surface area contributed by atoms with Gasteiger partial charge in [-0.15, -0.1) is 0 Å². The Kier molecular flexibility index (Phi) is 5.84. The summed E-state index contributed by atoms with van der Waals surface area (Å²) in [4.78, 5) is 12.5. The first-order valence-corrected chi connectivity index (χ1v) is 11.4. The maximum atomic E-state index is 12.5. The minimum atomic E-state index is -1.02. The quantitative estimate of drug-likeness (QED) is 0.228. The van der Waals surface area contributed by atoms with Crippen molar-refractivity contribution < 1.29 is 13.0 Å². The highest BCUT2D eigenvalue weighted by Gasteiger charge is 2.24. The van der Waals surface area contributed by atoms with Gasteiger partial charge in [0, 0.05) is 10.9 Å². The summed E-state index contributed by atoms with van der Waals surface area (Å²) in [6.45, 7) is 0. The molecule has 0 saturated carbocycles. The van der Waals surface area contributed by atoms with Crippen LogP contribution in [0.5, 0.6) is 5.75 Å². The minimum Gasteiger partial charge on any atom is -0.478 e. The van der Waals surface area contributed by atoms with Crippen LogP contribution in [0.15, 0.2) is 109 Å². The summed E-state index contributed by atoms with van der Waals surface area (Å²) in [6, 6.07) is 36.0. The average molecular weight is 542 g/mol. The number of carboxylic acids is 1. The van der Waals surface area contributed by atoms with Gasteiger partial charge in [0.2, 0.25) is 0 Å². The van der Waals surface area contributed by atoms with Gasteiger partial charge in [0.15, 0.2) is 28.8 Å². The van der Waals surface area contributed by atoms with Crippen LogP contribution in [0.3, 0.4) is 0 Å². The average Bonchev–Trinajstić information content (AvgIpc) is 2.88. The fourth-order valence-corrected chi connectivity index (χ4v) is 4.81. The van der Waals surface area contributed by atoms with Crippen molar-refractivity contribution in [3.63, 3.8) is 0 Å². The Hall–Kier alpha value is -3.64. The zero-order chi connectivity index (χ0) is 22.8. The first-order chi connectivity index (χ1) is 16.2. The van der Waals surface area contributed by atoms with Crippen LogP contribution in [0.25, 0.3) is 44.2 Å². The molecular weight excluding hydrogens is 523 g/mol. The van der Waals surface area contributed by atoms with Crippen molar-refractivity contribution in [2.24, 2.45) is 0 Å². The molecule has 0 fully saturated rings. The lowest BCUT2D eigenvalue weighted by Crippen LogP contribution is -2.03. The van der Waals surface area contributed by atoms with Crippen LogP contribution in [-0.4, -0.2) is 11.1 Å². The monoisotopic (exact) mass is 542 g/mol. The fourth-order valence-electron chi connectivity index (χ4n) is 4.35. The maximum absolute atomic E-state index is 12.5. The van der Waals surface area contributed by atoms with Crippen LogP contribution in [0.2, 0.25) is 0 Å². The van der Waals surface area contributed by atoms with Crippen molar-refractivity contribution in [3.05, 3.63) is 115 Å². The third-order valence-electron chi connectivity index (χ3n) is 5.80. The van der Waals surface area contributed by atoms with E-state index in [1.165, 1.54) is 0 Å². The molecule has 5 aromatic carbocycles. The number of rotatable bonds is 5. The van der Waals surface area contributed by atoms with Gasteiger partial charge in [-0.1, -0.05) is 103 Å². The van der Waals surface area contributed by atoms with Gasteiger partial charge >= 0.3 is 5.97 Å². The highest BCUT2D eigenvalue weighted by atomic mass is 127. The van der Waals surface area contributed by atoms with Crippen LogP contribution in [0.4, 0.5) is 0 Å². The van der Waals surface area contributed by atoms with E-state index in [9.17, 15) is 9.90 Å². The largest absolute Gasteiger partial charge is 0.478 e. The lowest BCUT2D eigenvalue weighted by Gasteiger charge is -2.19. The van der Waals surface area contributed by atoms with E-state index in [1.807, 2.05) is 78.9 Å². The standard InChI is InChI=1S/C29H19IO3/c30-33-28-24(20-12-6-2-7-13-20)18-25-23(27(28)29(31)32)17-16-22(19-10-4-1-5-11-19)26(25)21-14-8-3-9-15-21/h1-18H,(H,31,32). The number of fused-ring (bicyclic) bond motifs is 1. The molecule has 0 bridgehead atoms. The van der Waals surface area contributed by atoms with Crippen LogP contribution in [0, 0.1) is 0 Å². The summed E-state index contributed by atoms with van der Waals surface area (Å²) in [5.41, 5.74) is 5.96. The van der Waals surface area contributed by atoms with E-state index in [-0.39, 0.29) is 5.56 Å².